The van der Waals surface area contributed by atoms with Crippen LogP contribution in [0, 0.1) is 0 Å². The van der Waals surface area contributed by atoms with E-state index in [1.807, 2.05) is 0 Å². The lowest BCUT2D eigenvalue weighted by molar-refractivity contribution is -0.137. The standard InChI is InChI=1S/C3H7NO2S.BrH/c4-2(1-7)3(5)6;/h2,7H,1,4H2,(H,5,6);1H/t2-;/m1./s1. The molecule has 8 heavy (non-hydrogen) atoms. The third kappa shape index (κ3) is 4.42. The van der Waals surface area contributed by atoms with E-state index in [9.17, 15) is 4.79 Å². The SMILES string of the molecule is Br.N[C@H](CS)C(=O)O. The van der Waals surface area contributed by atoms with E-state index >= 15 is 0 Å². The number of carboxylic acid groups (broad SMARTS) is 1. The van der Waals surface area contributed by atoms with Crippen molar-refractivity contribution >= 4 is 35.6 Å². The fourth-order valence-electron chi connectivity index (χ4n) is 0.0781. The van der Waals surface area contributed by atoms with Gasteiger partial charge in [-0.05, 0) is 0 Å². The third-order valence-corrected chi connectivity index (χ3v) is 0.907. The van der Waals surface area contributed by atoms with Crippen LogP contribution in [0.15, 0.2) is 0 Å². The Morgan fingerprint density at radius 2 is 2.25 bits per heavy atom. The summed E-state index contributed by atoms with van der Waals surface area (Å²) < 4.78 is 0. The van der Waals surface area contributed by atoms with Crippen LogP contribution < -0.4 is 5.73 Å². The van der Waals surface area contributed by atoms with Gasteiger partial charge in [0, 0.05) is 5.75 Å². The molecule has 0 bridgehead atoms. The van der Waals surface area contributed by atoms with Gasteiger partial charge >= 0.3 is 5.97 Å². The molecule has 3 N–H and O–H groups in total. The highest BCUT2D eigenvalue weighted by Gasteiger charge is 2.06. The van der Waals surface area contributed by atoms with Crippen LogP contribution in [0.1, 0.15) is 0 Å². The predicted molar refractivity (Wildman–Crippen MR) is 39.8 cm³/mol. The minimum Gasteiger partial charge on any atom is -0.480 e. The zero-order chi connectivity index (χ0) is 5.86. The molecule has 0 unspecified atom stereocenters. The van der Waals surface area contributed by atoms with Crippen molar-refractivity contribution in [3.05, 3.63) is 0 Å². The molecule has 0 aromatic carbocycles. The summed E-state index contributed by atoms with van der Waals surface area (Å²) in [7, 11) is 0. The molecule has 0 aliphatic rings. The van der Waals surface area contributed by atoms with Gasteiger partial charge in [0.25, 0.3) is 0 Å². The number of hydrogen-bond donors (Lipinski definition) is 3. The monoisotopic (exact) mass is 201 g/mol. The van der Waals surface area contributed by atoms with Crippen LogP contribution in [-0.2, 0) is 4.79 Å². The average molecular weight is 202 g/mol. The van der Waals surface area contributed by atoms with Crippen molar-refractivity contribution in [2.24, 2.45) is 5.73 Å². The van der Waals surface area contributed by atoms with Gasteiger partial charge in [-0.1, -0.05) is 0 Å². The number of carbonyl (C=O) groups is 1. The van der Waals surface area contributed by atoms with Crippen LogP contribution in [-0.4, -0.2) is 22.9 Å². The molecule has 5 heteroatoms. The van der Waals surface area contributed by atoms with Crippen LogP contribution >= 0.6 is 29.6 Å². The first-order valence-electron chi connectivity index (χ1n) is 1.77. The number of hydrogen-bond acceptors (Lipinski definition) is 3. The van der Waals surface area contributed by atoms with Gasteiger partial charge in [0.1, 0.15) is 6.04 Å². The highest BCUT2D eigenvalue weighted by Crippen LogP contribution is 1.80. The Morgan fingerprint density at radius 1 is 1.88 bits per heavy atom. The van der Waals surface area contributed by atoms with Gasteiger partial charge < -0.3 is 10.8 Å². The van der Waals surface area contributed by atoms with E-state index in [4.69, 9.17) is 10.8 Å². The van der Waals surface area contributed by atoms with Gasteiger partial charge in [0.15, 0.2) is 0 Å². The Labute approximate surface area is 63.4 Å². The van der Waals surface area contributed by atoms with Crippen LogP contribution in [0.2, 0.25) is 0 Å². The van der Waals surface area contributed by atoms with Crippen LogP contribution in [0.4, 0.5) is 0 Å². The summed E-state index contributed by atoms with van der Waals surface area (Å²) in [5.41, 5.74) is 4.94. The second-order valence-electron chi connectivity index (χ2n) is 1.13. The number of thiol groups is 1. The second kappa shape index (κ2) is 5.40. The third-order valence-electron chi connectivity index (χ3n) is 0.514. The van der Waals surface area contributed by atoms with Crippen molar-refractivity contribution in [3.63, 3.8) is 0 Å². The first-order chi connectivity index (χ1) is 3.18. The van der Waals surface area contributed by atoms with Gasteiger partial charge in [-0.3, -0.25) is 4.79 Å². The normalized spacial score (nSPS) is 11.8. The van der Waals surface area contributed by atoms with Crippen molar-refractivity contribution in [1.82, 2.24) is 0 Å². The van der Waals surface area contributed by atoms with Gasteiger partial charge in [-0.15, -0.1) is 17.0 Å². The van der Waals surface area contributed by atoms with Crippen LogP contribution in [0.3, 0.4) is 0 Å². The summed E-state index contributed by atoms with van der Waals surface area (Å²) in [5, 5.41) is 8.01. The maximum Gasteiger partial charge on any atom is 0.321 e. The molecule has 0 aliphatic carbocycles. The van der Waals surface area contributed by atoms with Crippen molar-refractivity contribution < 1.29 is 9.90 Å². The number of rotatable bonds is 2. The Bertz CT molecular complexity index is 79.7. The minimum atomic E-state index is -1.00. The summed E-state index contributed by atoms with van der Waals surface area (Å²) >= 11 is 3.65. The first kappa shape index (κ1) is 11.1. The lowest BCUT2D eigenvalue weighted by Crippen LogP contribution is -2.31. The van der Waals surface area contributed by atoms with Gasteiger partial charge in [0.2, 0.25) is 0 Å². The summed E-state index contributed by atoms with van der Waals surface area (Å²) in [6, 6.07) is -0.816. The van der Waals surface area contributed by atoms with Gasteiger partial charge in [-0.25, -0.2) is 0 Å². The largest absolute Gasteiger partial charge is 0.480 e. The maximum atomic E-state index is 9.76. The van der Waals surface area contributed by atoms with E-state index in [1.165, 1.54) is 0 Å². The highest BCUT2D eigenvalue weighted by atomic mass is 79.9. The van der Waals surface area contributed by atoms with Crippen molar-refractivity contribution in [2.45, 2.75) is 6.04 Å². The zero-order valence-electron chi connectivity index (χ0n) is 4.07. The molecule has 0 amide bonds. The molecule has 0 spiro atoms. The molecule has 1 atom stereocenters. The fourth-order valence-corrected chi connectivity index (χ4v) is 0.234. The maximum absolute atomic E-state index is 9.76. The van der Waals surface area contributed by atoms with E-state index in [0.29, 0.717) is 0 Å². The number of aliphatic carboxylic acids is 1. The lowest BCUT2D eigenvalue weighted by Gasteiger charge is -1.96. The molecule has 50 valence electrons. The van der Waals surface area contributed by atoms with Crippen LogP contribution in [0.5, 0.6) is 0 Å². The number of nitrogens with two attached hydrogens (primary N) is 1. The molecule has 0 aromatic rings. The predicted octanol–water partition coefficient (Wildman–Crippen LogP) is -0.0940. The van der Waals surface area contributed by atoms with E-state index in [2.05, 4.69) is 12.6 Å². The molecular formula is C3H8BrNO2S. The molecule has 0 rings (SSSR count). The Morgan fingerprint density at radius 3 is 2.25 bits per heavy atom. The Hall–Kier alpha value is 0.260. The molecule has 0 saturated heterocycles. The summed E-state index contributed by atoms with van der Waals surface area (Å²) in [5.74, 6) is -0.815. The summed E-state index contributed by atoms with van der Waals surface area (Å²) in [6.07, 6.45) is 0. The number of halogens is 1. The molecular weight excluding hydrogens is 194 g/mol. The Balaban J connectivity index is 0. The molecule has 3 nitrogen and oxygen atoms in total. The van der Waals surface area contributed by atoms with Gasteiger partial charge in [-0.2, -0.15) is 12.6 Å². The molecule has 0 heterocycles. The van der Waals surface area contributed by atoms with Crippen LogP contribution in [0.25, 0.3) is 0 Å². The molecule has 0 radical (unpaired) electrons. The highest BCUT2D eigenvalue weighted by molar-refractivity contribution is 8.93. The van der Waals surface area contributed by atoms with Crippen molar-refractivity contribution in [1.29, 1.82) is 0 Å². The van der Waals surface area contributed by atoms with Crippen molar-refractivity contribution in [2.75, 3.05) is 5.75 Å². The summed E-state index contributed by atoms with van der Waals surface area (Å²) in [4.78, 5) is 9.76. The minimum absolute atomic E-state index is 0. The van der Waals surface area contributed by atoms with Crippen molar-refractivity contribution in [3.8, 4) is 0 Å². The zero-order valence-corrected chi connectivity index (χ0v) is 6.68. The van der Waals surface area contributed by atoms with E-state index < -0.39 is 12.0 Å². The quantitative estimate of drug-likeness (QED) is 0.548. The van der Waals surface area contributed by atoms with E-state index in [1.54, 1.807) is 0 Å². The fraction of sp³-hybridized carbons (Fsp3) is 0.667. The smallest absolute Gasteiger partial charge is 0.321 e. The lowest BCUT2D eigenvalue weighted by atomic mass is 10.4. The number of carboxylic acids is 1. The molecule has 0 aromatic heterocycles. The summed E-state index contributed by atoms with van der Waals surface area (Å²) in [6.45, 7) is 0. The van der Waals surface area contributed by atoms with E-state index in [-0.39, 0.29) is 22.7 Å². The topological polar surface area (TPSA) is 63.3 Å². The van der Waals surface area contributed by atoms with E-state index in [0.717, 1.165) is 0 Å². The second-order valence-corrected chi connectivity index (χ2v) is 1.49. The molecule has 0 fully saturated rings. The Kier molecular flexibility index (Phi) is 7.50. The first-order valence-corrected chi connectivity index (χ1v) is 2.41. The average Bonchev–Trinajstić information content (AvgIpc) is 1.65. The van der Waals surface area contributed by atoms with Gasteiger partial charge in [0.05, 0.1) is 0 Å². The molecule has 0 aliphatic heterocycles. The molecule has 0 saturated carbocycles.